The zero-order valence-electron chi connectivity index (χ0n) is 6.96. The standard InChI is InChI=1S/C9H13N3/c1-2-3-6-11-9-8(10)5-4-7-12-9/h2,4-5,7H,1,3,6,10H2,(H,11,12). The maximum atomic E-state index is 5.65. The van der Waals surface area contributed by atoms with Crippen LogP contribution in [0.5, 0.6) is 0 Å². The summed E-state index contributed by atoms with van der Waals surface area (Å²) in [7, 11) is 0. The summed E-state index contributed by atoms with van der Waals surface area (Å²) >= 11 is 0. The average Bonchev–Trinajstić information content (AvgIpc) is 2.09. The van der Waals surface area contributed by atoms with Crippen molar-refractivity contribution in [3.8, 4) is 0 Å². The monoisotopic (exact) mass is 163 g/mol. The van der Waals surface area contributed by atoms with Gasteiger partial charge in [0.15, 0.2) is 0 Å². The van der Waals surface area contributed by atoms with Crippen molar-refractivity contribution in [3.05, 3.63) is 31.0 Å². The molecular weight excluding hydrogens is 150 g/mol. The summed E-state index contributed by atoms with van der Waals surface area (Å²) in [5.74, 6) is 0.749. The summed E-state index contributed by atoms with van der Waals surface area (Å²) in [5.41, 5.74) is 6.33. The number of nitrogen functional groups attached to an aromatic ring is 1. The lowest BCUT2D eigenvalue weighted by Gasteiger charge is -2.05. The Morgan fingerprint density at radius 2 is 2.50 bits per heavy atom. The van der Waals surface area contributed by atoms with Gasteiger partial charge in [-0.15, -0.1) is 6.58 Å². The van der Waals surface area contributed by atoms with Crippen molar-refractivity contribution < 1.29 is 0 Å². The minimum atomic E-state index is 0.682. The molecule has 0 aliphatic carbocycles. The fraction of sp³-hybridized carbons (Fsp3) is 0.222. The van der Waals surface area contributed by atoms with Gasteiger partial charge in [0.2, 0.25) is 0 Å². The van der Waals surface area contributed by atoms with E-state index < -0.39 is 0 Å². The molecule has 0 amide bonds. The minimum absolute atomic E-state index is 0.682. The quantitative estimate of drug-likeness (QED) is 0.524. The molecule has 0 aliphatic rings. The SMILES string of the molecule is C=CCCNc1ncccc1N. The number of anilines is 2. The Hall–Kier alpha value is -1.51. The molecule has 1 rings (SSSR count). The predicted molar refractivity (Wildman–Crippen MR) is 52.0 cm³/mol. The number of nitrogens with one attached hydrogen (secondary N) is 1. The first kappa shape index (κ1) is 8.59. The van der Waals surface area contributed by atoms with Crippen LogP contribution in [0.3, 0.4) is 0 Å². The van der Waals surface area contributed by atoms with Gasteiger partial charge in [0.05, 0.1) is 5.69 Å². The maximum Gasteiger partial charge on any atom is 0.149 e. The Morgan fingerprint density at radius 3 is 3.17 bits per heavy atom. The average molecular weight is 163 g/mol. The third kappa shape index (κ3) is 2.27. The number of hydrogen-bond acceptors (Lipinski definition) is 3. The summed E-state index contributed by atoms with van der Waals surface area (Å²) in [6.07, 6.45) is 4.48. The molecule has 12 heavy (non-hydrogen) atoms. The molecule has 0 bridgehead atoms. The van der Waals surface area contributed by atoms with E-state index in [-0.39, 0.29) is 0 Å². The highest BCUT2D eigenvalue weighted by molar-refractivity contribution is 5.60. The fourth-order valence-electron chi connectivity index (χ4n) is 0.858. The second-order valence-electron chi connectivity index (χ2n) is 2.45. The molecule has 0 saturated carbocycles. The molecule has 1 heterocycles. The third-order valence-electron chi connectivity index (χ3n) is 1.48. The van der Waals surface area contributed by atoms with Crippen LogP contribution in [-0.4, -0.2) is 11.5 Å². The first-order valence-electron chi connectivity index (χ1n) is 3.90. The Morgan fingerprint density at radius 1 is 1.67 bits per heavy atom. The van der Waals surface area contributed by atoms with E-state index in [2.05, 4.69) is 16.9 Å². The molecule has 0 aliphatic heterocycles. The van der Waals surface area contributed by atoms with Gasteiger partial charge in [-0.3, -0.25) is 0 Å². The van der Waals surface area contributed by atoms with E-state index in [0.29, 0.717) is 5.69 Å². The molecule has 64 valence electrons. The topological polar surface area (TPSA) is 50.9 Å². The van der Waals surface area contributed by atoms with Crippen molar-refractivity contribution in [2.24, 2.45) is 0 Å². The predicted octanol–water partition coefficient (Wildman–Crippen LogP) is 1.65. The van der Waals surface area contributed by atoms with Crippen LogP contribution < -0.4 is 11.1 Å². The highest BCUT2D eigenvalue weighted by Gasteiger charge is 1.95. The second-order valence-corrected chi connectivity index (χ2v) is 2.45. The normalized spacial score (nSPS) is 9.33. The Balaban J connectivity index is 2.51. The van der Waals surface area contributed by atoms with E-state index in [9.17, 15) is 0 Å². The van der Waals surface area contributed by atoms with Gasteiger partial charge in [0.1, 0.15) is 5.82 Å². The van der Waals surface area contributed by atoms with E-state index in [1.807, 2.05) is 18.2 Å². The van der Waals surface area contributed by atoms with Crippen LogP contribution >= 0.6 is 0 Å². The minimum Gasteiger partial charge on any atom is -0.396 e. The van der Waals surface area contributed by atoms with Crippen LogP contribution in [0.2, 0.25) is 0 Å². The van der Waals surface area contributed by atoms with Crippen LogP contribution in [0.15, 0.2) is 31.0 Å². The van der Waals surface area contributed by atoms with Crippen molar-refractivity contribution in [1.29, 1.82) is 0 Å². The molecule has 3 heteroatoms. The third-order valence-corrected chi connectivity index (χ3v) is 1.48. The highest BCUT2D eigenvalue weighted by Crippen LogP contribution is 2.12. The van der Waals surface area contributed by atoms with Gasteiger partial charge in [-0.2, -0.15) is 0 Å². The smallest absolute Gasteiger partial charge is 0.149 e. The Labute approximate surface area is 72.3 Å². The number of nitrogens with zero attached hydrogens (tertiary/aromatic N) is 1. The van der Waals surface area contributed by atoms with Crippen LogP contribution in [0.25, 0.3) is 0 Å². The van der Waals surface area contributed by atoms with Gasteiger partial charge in [0, 0.05) is 12.7 Å². The maximum absolute atomic E-state index is 5.65. The van der Waals surface area contributed by atoms with E-state index in [1.54, 1.807) is 6.20 Å². The van der Waals surface area contributed by atoms with E-state index in [0.717, 1.165) is 18.8 Å². The van der Waals surface area contributed by atoms with Gasteiger partial charge in [0.25, 0.3) is 0 Å². The number of hydrogen-bond donors (Lipinski definition) is 2. The lowest BCUT2D eigenvalue weighted by atomic mass is 10.3. The molecule has 0 saturated heterocycles. The molecule has 1 aromatic heterocycles. The van der Waals surface area contributed by atoms with E-state index in [1.165, 1.54) is 0 Å². The van der Waals surface area contributed by atoms with Crippen molar-refractivity contribution >= 4 is 11.5 Å². The van der Waals surface area contributed by atoms with Gasteiger partial charge in [-0.05, 0) is 18.6 Å². The van der Waals surface area contributed by atoms with Crippen LogP contribution in [0.4, 0.5) is 11.5 Å². The molecular formula is C9H13N3. The Bertz CT molecular complexity index is 258. The van der Waals surface area contributed by atoms with Crippen LogP contribution in [0, 0.1) is 0 Å². The van der Waals surface area contributed by atoms with Gasteiger partial charge < -0.3 is 11.1 Å². The van der Waals surface area contributed by atoms with Crippen molar-refractivity contribution in [3.63, 3.8) is 0 Å². The zero-order valence-corrected chi connectivity index (χ0v) is 6.96. The lowest BCUT2D eigenvalue weighted by Crippen LogP contribution is -2.04. The fourth-order valence-corrected chi connectivity index (χ4v) is 0.858. The molecule has 0 atom stereocenters. The van der Waals surface area contributed by atoms with Gasteiger partial charge in [-0.1, -0.05) is 6.08 Å². The highest BCUT2D eigenvalue weighted by atomic mass is 15.0. The molecule has 0 spiro atoms. The molecule has 0 radical (unpaired) electrons. The number of nitrogens with two attached hydrogens (primary N) is 1. The molecule has 0 aromatic carbocycles. The van der Waals surface area contributed by atoms with E-state index >= 15 is 0 Å². The zero-order chi connectivity index (χ0) is 8.81. The summed E-state index contributed by atoms with van der Waals surface area (Å²) in [6, 6.07) is 3.64. The molecule has 3 N–H and O–H groups in total. The largest absolute Gasteiger partial charge is 0.396 e. The summed E-state index contributed by atoms with van der Waals surface area (Å²) in [4.78, 5) is 4.08. The lowest BCUT2D eigenvalue weighted by molar-refractivity contribution is 1.05. The number of pyridine rings is 1. The molecule has 3 nitrogen and oxygen atoms in total. The van der Waals surface area contributed by atoms with Crippen LogP contribution in [0.1, 0.15) is 6.42 Å². The first-order chi connectivity index (χ1) is 5.84. The van der Waals surface area contributed by atoms with Gasteiger partial charge in [-0.25, -0.2) is 4.98 Å². The summed E-state index contributed by atoms with van der Waals surface area (Å²) in [5, 5.41) is 3.11. The Kier molecular flexibility index (Phi) is 3.14. The second kappa shape index (κ2) is 4.38. The summed E-state index contributed by atoms with van der Waals surface area (Å²) < 4.78 is 0. The number of aromatic nitrogens is 1. The molecule has 0 unspecified atom stereocenters. The van der Waals surface area contributed by atoms with Gasteiger partial charge >= 0.3 is 0 Å². The molecule has 1 aromatic rings. The molecule has 0 fully saturated rings. The first-order valence-corrected chi connectivity index (χ1v) is 3.90. The van der Waals surface area contributed by atoms with Crippen molar-refractivity contribution in [1.82, 2.24) is 4.98 Å². The van der Waals surface area contributed by atoms with Crippen molar-refractivity contribution in [2.45, 2.75) is 6.42 Å². The summed E-state index contributed by atoms with van der Waals surface area (Å²) in [6.45, 7) is 4.45. The van der Waals surface area contributed by atoms with Crippen LogP contribution in [-0.2, 0) is 0 Å². The van der Waals surface area contributed by atoms with E-state index in [4.69, 9.17) is 5.73 Å². The number of rotatable bonds is 4. The van der Waals surface area contributed by atoms with Crippen molar-refractivity contribution in [2.75, 3.05) is 17.6 Å².